The lowest BCUT2D eigenvalue weighted by atomic mass is 9.68. The van der Waals surface area contributed by atoms with Gasteiger partial charge in [0.2, 0.25) is 0 Å². The molecule has 6 heteroatoms. The van der Waals surface area contributed by atoms with E-state index in [1.165, 1.54) is 11.1 Å². The lowest BCUT2D eigenvalue weighted by molar-refractivity contribution is 0.243. The maximum absolute atomic E-state index is 6.29. The van der Waals surface area contributed by atoms with E-state index in [9.17, 15) is 0 Å². The van der Waals surface area contributed by atoms with Gasteiger partial charge in [-0.15, -0.1) is 12.4 Å². The Bertz CT molecular complexity index is 912. The van der Waals surface area contributed by atoms with Gasteiger partial charge in [0.05, 0.1) is 11.9 Å². The zero-order chi connectivity index (χ0) is 19.4. The number of nitrogens with zero attached hydrogens (tertiary/aromatic N) is 1. The van der Waals surface area contributed by atoms with Crippen LogP contribution in [0.5, 0.6) is 0 Å². The van der Waals surface area contributed by atoms with Gasteiger partial charge in [-0.3, -0.25) is 5.10 Å². The van der Waals surface area contributed by atoms with Gasteiger partial charge in [0.25, 0.3) is 0 Å². The van der Waals surface area contributed by atoms with E-state index in [1.54, 1.807) is 0 Å². The molecule has 4 rings (SSSR count). The third kappa shape index (κ3) is 4.84. The number of aromatic amines is 1. The second kappa shape index (κ2) is 9.77. The van der Waals surface area contributed by atoms with Gasteiger partial charge < -0.3 is 11.1 Å². The van der Waals surface area contributed by atoms with Crippen molar-refractivity contribution in [3.05, 3.63) is 77.1 Å². The lowest BCUT2D eigenvalue weighted by Crippen LogP contribution is -2.46. The molecule has 1 fully saturated rings. The van der Waals surface area contributed by atoms with E-state index in [0.717, 1.165) is 48.5 Å². The summed E-state index contributed by atoms with van der Waals surface area (Å²) in [5, 5.41) is 12.0. The smallest absolute Gasteiger partial charge is 0.0569 e. The van der Waals surface area contributed by atoms with Crippen molar-refractivity contribution in [1.29, 1.82) is 0 Å². The molecular weight excluding hydrogens is 403 g/mol. The molecule has 1 aliphatic rings. The highest BCUT2D eigenvalue weighted by Gasteiger charge is 2.36. The number of halogens is 2. The molecule has 1 saturated carbocycles. The molecule has 0 spiro atoms. The van der Waals surface area contributed by atoms with E-state index in [4.69, 9.17) is 17.3 Å². The molecule has 29 heavy (non-hydrogen) atoms. The van der Waals surface area contributed by atoms with Crippen molar-refractivity contribution in [3.8, 4) is 11.1 Å². The van der Waals surface area contributed by atoms with Crippen LogP contribution in [0.15, 0.2) is 60.8 Å². The number of aromatic nitrogens is 2. The highest BCUT2D eigenvalue weighted by atomic mass is 35.5. The van der Waals surface area contributed by atoms with Crippen LogP contribution in [0.4, 0.5) is 0 Å². The van der Waals surface area contributed by atoms with Gasteiger partial charge in [-0.1, -0.05) is 60.5 Å². The minimum absolute atomic E-state index is 0. The van der Waals surface area contributed by atoms with E-state index in [0.29, 0.717) is 12.6 Å². The van der Waals surface area contributed by atoms with Crippen molar-refractivity contribution in [3.63, 3.8) is 0 Å². The Labute approximate surface area is 183 Å². The topological polar surface area (TPSA) is 66.7 Å². The molecule has 4 nitrogen and oxygen atoms in total. The Morgan fingerprint density at radius 3 is 2.76 bits per heavy atom. The van der Waals surface area contributed by atoms with Gasteiger partial charge in [-0.25, -0.2) is 0 Å². The van der Waals surface area contributed by atoms with Crippen LogP contribution >= 0.6 is 24.0 Å². The number of H-pyrrole nitrogens is 1. The molecule has 0 bridgehead atoms. The molecule has 0 amide bonds. The standard InChI is InChI=1S/C23H27ClN4.ClH/c24-19-9-4-8-18(12-19)23(16-25)11-5-10-20(13-23)26-15-22-21(14-27-28-22)17-6-2-1-3-7-17;/h1-4,6-9,12,14,20,26H,5,10-11,13,15-16,25H2,(H,27,28);1H. The van der Waals surface area contributed by atoms with Gasteiger partial charge >= 0.3 is 0 Å². The lowest BCUT2D eigenvalue weighted by Gasteiger charge is -2.41. The van der Waals surface area contributed by atoms with E-state index in [-0.39, 0.29) is 17.8 Å². The third-order valence-electron chi connectivity index (χ3n) is 6.04. The Morgan fingerprint density at radius 2 is 2.00 bits per heavy atom. The first-order chi connectivity index (χ1) is 13.7. The minimum Gasteiger partial charge on any atom is -0.330 e. The van der Waals surface area contributed by atoms with Crippen molar-refractivity contribution in [1.82, 2.24) is 15.5 Å². The van der Waals surface area contributed by atoms with Crippen LogP contribution in [0, 0.1) is 0 Å². The van der Waals surface area contributed by atoms with E-state index in [1.807, 2.05) is 24.4 Å². The number of nitrogens with one attached hydrogen (secondary N) is 2. The Hall–Kier alpha value is -1.85. The predicted octanol–water partition coefficient (Wildman–Crippen LogP) is 5.08. The van der Waals surface area contributed by atoms with E-state index >= 15 is 0 Å². The van der Waals surface area contributed by atoms with Gasteiger partial charge in [0.15, 0.2) is 0 Å². The number of hydrogen-bond acceptors (Lipinski definition) is 3. The molecule has 2 unspecified atom stereocenters. The molecule has 0 saturated heterocycles. The van der Waals surface area contributed by atoms with E-state index in [2.05, 4.69) is 51.9 Å². The number of nitrogens with two attached hydrogens (primary N) is 1. The molecule has 154 valence electrons. The normalized spacial score (nSPS) is 21.5. The van der Waals surface area contributed by atoms with Crippen molar-refractivity contribution in [2.24, 2.45) is 5.73 Å². The first-order valence-electron chi connectivity index (χ1n) is 9.97. The molecule has 0 aliphatic heterocycles. The molecule has 2 atom stereocenters. The van der Waals surface area contributed by atoms with Crippen LogP contribution in [0.25, 0.3) is 11.1 Å². The number of hydrogen-bond donors (Lipinski definition) is 3. The SMILES string of the molecule is Cl.NCC1(c2cccc(Cl)c2)CCCC(NCc2[nH]ncc2-c2ccccc2)C1. The molecule has 4 N–H and O–H groups in total. The summed E-state index contributed by atoms with van der Waals surface area (Å²) in [5.41, 5.74) is 11.0. The van der Waals surface area contributed by atoms with Crippen LogP contribution in [-0.4, -0.2) is 22.8 Å². The van der Waals surface area contributed by atoms with Crippen molar-refractivity contribution < 1.29 is 0 Å². The van der Waals surface area contributed by atoms with Crippen molar-refractivity contribution in [2.45, 2.75) is 43.7 Å². The van der Waals surface area contributed by atoms with Crippen LogP contribution in [0.1, 0.15) is 36.9 Å². The summed E-state index contributed by atoms with van der Waals surface area (Å²) >= 11 is 6.26. The molecule has 1 aliphatic carbocycles. The Kier molecular flexibility index (Phi) is 7.36. The quantitative estimate of drug-likeness (QED) is 0.510. The van der Waals surface area contributed by atoms with Crippen LogP contribution in [0.2, 0.25) is 5.02 Å². The average Bonchev–Trinajstić information content (AvgIpc) is 3.22. The maximum atomic E-state index is 6.29. The monoisotopic (exact) mass is 430 g/mol. The summed E-state index contributed by atoms with van der Waals surface area (Å²) in [6.45, 7) is 1.41. The van der Waals surface area contributed by atoms with Crippen molar-refractivity contribution >= 4 is 24.0 Å². The summed E-state index contributed by atoms with van der Waals surface area (Å²) in [6.07, 6.45) is 6.37. The highest BCUT2D eigenvalue weighted by molar-refractivity contribution is 6.30. The summed E-state index contributed by atoms with van der Waals surface area (Å²) in [5.74, 6) is 0. The largest absolute Gasteiger partial charge is 0.330 e. The van der Waals surface area contributed by atoms with Crippen LogP contribution in [0.3, 0.4) is 0 Å². The molecule has 2 aromatic carbocycles. The molecule has 3 aromatic rings. The third-order valence-corrected chi connectivity index (χ3v) is 6.28. The predicted molar refractivity (Wildman–Crippen MR) is 123 cm³/mol. The molecule has 1 aromatic heterocycles. The minimum atomic E-state index is -0.00291. The van der Waals surface area contributed by atoms with Gasteiger partial charge in [0.1, 0.15) is 0 Å². The fraction of sp³-hybridized carbons (Fsp3) is 0.348. The second-order valence-electron chi connectivity index (χ2n) is 7.80. The summed E-state index contributed by atoms with van der Waals surface area (Å²) in [7, 11) is 0. The second-order valence-corrected chi connectivity index (χ2v) is 8.23. The average molecular weight is 431 g/mol. The van der Waals surface area contributed by atoms with Crippen molar-refractivity contribution in [2.75, 3.05) is 6.54 Å². The van der Waals surface area contributed by atoms with Crippen LogP contribution < -0.4 is 11.1 Å². The first-order valence-corrected chi connectivity index (χ1v) is 10.4. The fourth-order valence-corrected chi connectivity index (χ4v) is 4.67. The molecule has 1 heterocycles. The summed E-state index contributed by atoms with van der Waals surface area (Å²) in [6, 6.07) is 19.0. The fourth-order valence-electron chi connectivity index (χ4n) is 4.48. The molecule has 0 radical (unpaired) electrons. The Balaban J connectivity index is 0.00000240. The van der Waals surface area contributed by atoms with Crippen LogP contribution in [-0.2, 0) is 12.0 Å². The zero-order valence-corrected chi connectivity index (χ0v) is 18.0. The van der Waals surface area contributed by atoms with Gasteiger partial charge in [-0.05, 0) is 42.5 Å². The van der Waals surface area contributed by atoms with Gasteiger partial charge in [-0.2, -0.15) is 5.10 Å². The maximum Gasteiger partial charge on any atom is 0.0569 e. The number of benzene rings is 2. The Morgan fingerprint density at radius 1 is 1.17 bits per heavy atom. The zero-order valence-electron chi connectivity index (χ0n) is 16.4. The number of rotatable bonds is 6. The first kappa shape index (κ1) is 21.8. The van der Waals surface area contributed by atoms with Gasteiger partial charge in [0, 0.05) is 35.1 Å². The van der Waals surface area contributed by atoms with E-state index < -0.39 is 0 Å². The summed E-state index contributed by atoms with van der Waals surface area (Å²) in [4.78, 5) is 0. The molecular formula is C23H28Cl2N4. The highest BCUT2D eigenvalue weighted by Crippen LogP contribution is 2.39. The summed E-state index contributed by atoms with van der Waals surface area (Å²) < 4.78 is 0.